The van der Waals surface area contributed by atoms with Crippen molar-refractivity contribution < 1.29 is 14.4 Å². The molecule has 1 fully saturated rings. The fourth-order valence-corrected chi connectivity index (χ4v) is 4.75. The second kappa shape index (κ2) is 9.05. The SMILES string of the molecule is CCOC(=O)N1CC[NH+](Cc2nc3sc(C)c(C[C@@H](C)CC)c3c(=O)[nH]2)CC1. The first-order valence-corrected chi connectivity index (χ1v) is 11.0. The lowest BCUT2D eigenvalue weighted by molar-refractivity contribution is -0.918. The van der Waals surface area contributed by atoms with Crippen molar-refractivity contribution >= 4 is 27.6 Å². The number of aryl methyl sites for hydroxylation is 1. The van der Waals surface area contributed by atoms with Crippen LogP contribution in [0, 0.1) is 12.8 Å². The second-order valence-corrected chi connectivity index (χ2v) is 8.86. The fourth-order valence-electron chi connectivity index (χ4n) is 3.68. The van der Waals surface area contributed by atoms with Gasteiger partial charge in [-0.2, -0.15) is 0 Å². The summed E-state index contributed by atoms with van der Waals surface area (Å²) < 4.78 is 5.07. The summed E-state index contributed by atoms with van der Waals surface area (Å²) in [5, 5.41) is 0.772. The average Bonchev–Trinajstić information content (AvgIpc) is 2.98. The zero-order chi connectivity index (χ0) is 20.3. The van der Waals surface area contributed by atoms with Gasteiger partial charge in [-0.05, 0) is 31.7 Å². The van der Waals surface area contributed by atoms with E-state index in [4.69, 9.17) is 9.72 Å². The Morgan fingerprint density at radius 1 is 1.36 bits per heavy atom. The molecule has 0 bridgehead atoms. The van der Waals surface area contributed by atoms with Crippen LogP contribution < -0.4 is 10.5 Å². The number of nitrogens with zero attached hydrogens (tertiary/aromatic N) is 2. The number of ether oxygens (including phenoxy) is 1. The van der Waals surface area contributed by atoms with Crippen LogP contribution in [0.2, 0.25) is 0 Å². The van der Waals surface area contributed by atoms with Crippen LogP contribution in [0.15, 0.2) is 4.79 Å². The van der Waals surface area contributed by atoms with Crippen LogP contribution in [0.3, 0.4) is 0 Å². The Kier molecular flexibility index (Phi) is 6.72. The third kappa shape index (κ3) is 4.55. The monoisotopic (exact) mass is 407 g/mol. The van der Waals surface area contributed by atoms with Gasteiger partial charge in [0, 0.05) is 4.88 Å². The van der Waals surface area contributed by atoms with Crippen LogP contribution in [0.25, 0.3) is 10.2 Å². The third-order valence-corrected chi connectivity index (χ3v) is 6.62. The molecule has 1 atom stereocenters. The number of piperazine rings is 1. The third-order valence-electron chi connectivity index (χ3n) is 5.58. The van der Waals surface area contributed by atoms with Gasteiger partial charge in [0.25, 0.3) is 5.56 Å². The Bertz CT molecular complexity index is 883. The highest BCUT2D eigenvalue weighted by Crippen LogP contribution is 2.29. The molecule has 1 saturated heterocycles. The molecule has 154 valence electrons. The van der Waals surface area contributed by atoms with Crippen LogP contribution >= 0.6 is 11.3 Å². The summed E-state index contributed by atoms with van der Waals surface area (Å²) in [7, 11) is 0. The van der Waals surface area contributed by atoms with Crippen molar-refractivity contribution in [3.8, 4) is 0 Å². The van der Waals surface area contributed by atoms with E-state index in [-0.39, 0.29) is 11.7 Å². The van der Waals surface area contributed by atoms with E-state index in [0.29, 0.717) is 32.2 Å². The molecular weight excluding hydrogens is 376 g/mol. The highest BCUT2D eigenvalue weighted by molar-refractivity contribution is 7.18. The van der Waals surface area contributed by atoms with E-state index in [1.54, 1.807) is 16.2 Å². The van der Waals surface area contributed by atoms with Crippen LogP contribution in [0.1, 0.15) is 43.5 Å². The van der Waals surface area contributed by atoms with Crippen molar-refractivity contribution in [2.75, 3.05) is 32.8 Å². The number of aromatic amines is 1. The van der Waals surface area contributed by atoms with Gasteiger partial charge in [-0.15, -0.1) is 11.3 Å². The van der Waals surface area contributed by atoms with Crippen molar-refractivity contribution in [2.45, 2.75) is 47.1 Å². The predicted molar refractivity (Wildman–Crippen MR) is 111 cm³/mol. The molecule has 7 nitrogen and oxygen atoms in total. The number of thiophene rings is 1. The number of amides is 1. The smallest absolute Gasteiger partial charge is 0.410 e. The maximum atomic E-state index is 12.8. The van der Waals surface area contributed by atoms with E-state index in [0.717, 1.165) is 47.5 Å². The van der Waals surface area contributed by atoms with Gasteiger partial charge in [-0.25, -0.2) is 9.78 Å². The van der Waals surface area contributed by atoms with E-state index in [9.17, 15) is 9.59 Å². The van der Waals surface area contributed by atoms with E-state index >= 15 is 0 Å². The lowest BCUT2D eigenvalue weighted by Gasteiger charge is -2.31. The minimum atomic E-state index is -0.239. The minimum absolute atomic E-state index is 0.0211. The van der Waals surface area contributed by atoms with Gasteiger partial charge in [0.1, 0.15) is 11.4 Å². The van der Waals surface area contributed by atoms with Crippen molar-refractivity contribution in [3.05, 3.63) is 26.6 Å². The van der Waals surface area contributed by atoms with Gasteiger partial charge in [-0.1, -0.05) is 20.3 Å². The fraction of sp³-hybridized carbons (Fsp3) is 0.650. The maximum absolute atomic E-state index is 12.8. The van der Waals surface area contributed by atoms with Crippen molar-refractivity contribution in [2.24, 2.45) is 5.92 Å². The number of hydrogen-bond acceptors (Lipinski definition) is 5. The first-order chi connectivity index (χ1) is 13.4. The summed E-state index contributed by atoms with van der Waals surface area (Å²) in [6, 6.07) is 0. The molecule has 3 heterocycles. The molecule has 0 saturated carbocycles. The minimum Gasteiger partial charge on any atom is -0.450 e. The lowest BCUT2D eigenvalue weighted by atomic mass is 9.98. The van der Waals surface area contributed by atoms with E-state index in [2.05, 4.69) is 25.8 Å². The normalized spacial score (nSPS) is 16.5. The molecule has 0 aliphatic carbocycles. The van der Waals surface area contributed by atoms with Crippen LogP contribution in [0.4, 0.5) is 4.79 Å². The molecule has 8 heteroatoms. The molecule has 28 heavy (non-hydrogen) atoms. The molecule has 1 aliphatic heterocycles. The molecule has 3 rings (SSSR count). The molecular formula is C20H31N4O3S+. The Morgan fingerprint density at radius 3 is 2.71 bits per heavy atom. The molecule has 1 aliphatic rings. The van der Waals surface area contributed by atoms with Crippen LogP contribution in [-0.4, -0.2) is 53.7 Å². The number of aromatic nitrogens is 2. The van der Waals surface area contributed by atoms with Crippen molar-refractivity contribution in [1.82, 2.24) is 14.9 Å². The molecule has 2 aromatic heterocycles. The molecule has 2 N–H and O–H groups in total. The molecule has 2 aromatic rings. The Morgan fingerprint density at radius 2 is 2.07 bits per heavy atom. The van der Waals surface area contributed by atoms with Crippen LogP contribution in [-0.2, 0) is 17.7 Å². The molecule has 0 spiro atoms. The number of H-pyrrole nitrogens is 1. The zero-order valence-electron chi connectivity index (χ0n) is 17.3. The number of quaternary nitrogens is 1. The first-order valence-electron chi connectivity index (χ1n) is 10.2. The van der Waals surface area contributed by atoms with Gasteiger partial charge in [-0.3, -0.25) is 9.69 Å². The Labute approximate surface area is 169 Å². The van der Waals surface area contributed by atoms with Crippen molar-refractivity contribution in [3.63, 3.8) is 0 Å². The number of carbonyl (C=O) groups excluding carboxylic acids is 1. The van der Waals surface area contributed by atoms with Crippen LogP contribution in [0.5, 0.6) is 0 Å². The summed E-state index contributed by atoms with van der Waals surface area (Å²) in [4.78, 5) is 37.5. The first kappa shape index (κ1) is 20.8. The molecule has 0 aromatic carbocycles. The summed E-state index contributed by atoms with van der Waals surface area (Å²) in [6.45, 7) is 12.3. The quantitative estimate of drug-likeness (QED) is 0.764. The summed E-state index contributed by atoms with van der Waals surface area (Å²) >= 11 is 1.62. The average molecular weight is 408 g/mol. The van der Waals surface area contributed by atoms with E-state index < -0.39 is 0 Å². The van der Waals surface area contributed by atoms with E-state index in [1.165, 1.54) is 9.78 Å². The highest BCUT2D eigenvalue weighted by atomic mass is 32.1. The van der Waals surface area contributed by atoms with E-state index in [1.807, 2.05) is 6.92 Å². The lowest BCUT2D eigenvalue weighted by Crippen LogP contribution is -3.13. The van der Waals surface area contributed by atoms with Crippen molar-refractivity contribution in [1.29, 1.82) is 0 Å². The molecule has 1 amide bonds. The highest BCUT2D eigenvalue weighted by Gasteiger charge is 2.25. The maximum Gasteiger partial charge on any atom is 0.410 e. The number of rotatable bonds is 6. The topological polar surface area (TPSA) is 79.7 Å². The summed E-state index contributed by atoms with van der Waals surface area (Å²) in [5.74, 6) is 1.28. The Balaban J connectivity index is 1.72. The summed E-state index contributed by atoms with van der Waals surface area (Å²) in [5.41, 5.74) is 1.14. The predicted octanol–water partition coefficient (Wildman–Crippen LogP) is 1.74. The van der Waals surface area contributed by atoms with Gasteiger partial charge in [0.05, 0.1) is 38.2 Å². The zero-order valence-corrected chi connectivity index (χ0v) is 18.1. The molecule has 0 radical (unpaired) electrons. The van der Waals surface area contributed by atoms with Gasteiger partial charge >= 0.3 is 6.09 Å². The summed E-state index contributed by atoms with van der Waals surface area (Å²) in [6.07, 6.45) is 1.78. The number of nitrogens with one attached hydrogen (secondary N) is 2. The van der Waals surface area contributed by atoms with Gasteiger partial charge < -0.3 is 14.6 Å². The second-order valence-electron chi connectivity index (χ2n) is 7.66. The number of hydrogen-bond donors (Lipinski definition) is 2. The van der Waals surface area contributed by atoms with Gasteiger partial charge in [0.2, 0.25) is 0 Å². The molecule has 0 unspecified atom stereocenters. The van der Waals surface area contributed by atoms with Gasteiger partial charge in [0.15, 0.2) is 5.82 Å². The Hall–Kier alpha value is -1.93. The number of carbonyl (C=O) groups is 1. The number of fused-ring (bicyclic) bond motifs is 1. The standard InChI is InChI=1S/C20H30N4O3S/c1-5-13(3)11-15-14(4)28-19-17(15)18(25)21-16(22-19)12-23-7-9-24(10-8-23)20(26)27-6-2/h13H,5-12H2,1-4H3,(H,21,22,25)/p+1/t13-/m0/s1. The largest absolute Gasteiger partial charge is 0.450 e.